The summed E-state index contributed by atoms with van der Waals surface area (Å²) >= 11 is 0. The van der Waals surface area contributed by atoms with Crippen LogP contribution in [0.1, 0.15) is 35.3 Å². The van der Waals surface area contributed by atoms with Crippen LogP contribution in [0.15, 0.2) is 61.1 Å². The quantitative estimate of drug-likeness (QED) is 0.682. The number of benzene rings is 1. The van der Waals surface area contributed by atoms with E-state index in [1.54, 1.807) is 23.1 Å². The van der Waals surface area contributed by atoms with Crippen LogP contribution in [0.5, 0.6) is 0 Å². The van der Waals surface area contributed by atoms with Gasteiger partial charge in [-0.25, -0.2) is 0 Å². The first kappa shape index (κ1) is 20.3. The SMILES string of the molecule is CC1CN(Cc2ccc(C(=O)Nc3ccn(Cc4ccncc4)n3)cc2)CC(C)O1. The highest BCUT2D eigenvalue weighted by molar-refractivity contribution is 6.03. The number of pyridine rings is 1. The number of rotatable bonds is 6. The number of anilines is 1. The zero-order valence-electron chi connectivity index (χ0n) is 17.4. The molecule has 1 aromatic carbocycles. The van der Waals surface area contributed by atoms with E-state index in [4.69, 9.17) is 4.74 Å². The Kier molecular flexibility index (Phi) is 6.21. The fraction of sp³-hybridized carbons (Fsp3) is 0.348. The molecule has 1 aliphatic rings. The summed E-state index contributed by atoms with van der Waals surface area (Å²) in [5.74, 6) is 0.374. The molecule has 2 unspecified atom stereocenters. The predicted molar refractivity (Wildman–Crippen MR) is 115 cm³/mol. The summed E-state index contributed by atoms with van der Waals surface area (Å²) in [4.78, 5) is 19.0. The smallest absolute Gasteiger partial charge is 0.256 e. The van der Waals surface area contributed by atoms with Crippen molar-refractivity contribution >= 4 is 11.7 Å². The van der Waals surface area contributed by atoms with Crippen molar-refractivity contribution in [3.8, 4) is 0 Å². The third kappa shape index (κ3) is 5.31. The second-order valence-electron chi connectivity index (χ2n) is 7.86. The van der Waals surface area contributed by atoms with E-state index in [0.717, 1.165) is 25.2 Å². The van der Waals surface area contributed by atoms with Crippen molar-refractivity contribution in [2.75, 3.05) is 18.4 Å². The summed E-state index contributed by atoms with van der Waals surface area (Å²) in [5, 5.41) is 7.29. The molecule has 2 aromatic heterocycles. The van der Waals surface area contributed by atoms with Gasteiger partial charge in [0.2, 0.25) is 0 Å². The lowest BCUT2D eigenvalue weighted by Gasteiger charge is -2.35. The van der Waals surface area contributed by atoms with Gasteiger partial charge in [-0.1, -0.05) is 12.1 Å². The Morgan fingerprint density at radius 3 is 2.37 bits per heavy atom. The van der Waals surface area contributed by atoms with Crippen LogP contribution in [0.25, 0.3) is 0 Å². The van der Waals surface area contributed by atoms with Gasteiger partial charge in [-0.2, -0.15) is 5.10 Å². The van der Waals surface area contributed by atoms with Crippen molar-refractivity contribution in [1.29, 1.82) is 0 Å². The highest BCUT2D eigenvalue weighted by Gasteiger charge is 2.22. The Bertz CT molecular complexity index is 961. The molecule has 7 nitrogen and oxygen atoms in total. The highest BCUT2D eigenvalue weighted by atomic mass is 16.5. The lowest BCUT2D eigenvalue weighted by molar-refractivity contribution is -0.0704. The van der Waals surface area contributed by atoms with Crippen LogP contribution in [0.3, 0.4) is 0 Å². The molecule has 3 heterocycles. The molecule has 2 atom stereocenters. The molecular weight excluding hydrogens is 378 g/mol. The van der Waals surface area contributed by atoms with Crippen molar-refractivity contribution in [2.24, 2.45) is 0 Å². The first-order valence-corrected chi connectivity index (χ1v) is 10.3. The van der Waals surface area contributed by atoms with Gasteiger partial charge >= 0.3 is 0 Å². The molecule has 0 saturated carbocycles. The predicted octanol–water partition coefficient (Wildman–Crippen LogP) is 3.19. The summed E-state index contributed by atoms with van der Waals surface area (Å²) in [5.41, 5.74) is 2.91. The minimum Gasteiger partial charge on any atom is -0.373 e. The van der Waals surface area contributed by atoms with E-state index in [0.29, 0.717) is 17.9 Å². The van der Waals surface area contributed by atoms with Crippen LogP contribution in [0.4, 0.5) is 5.82 Å². The number of ether oxygens (including phenoxy) is 1. The Balaban J connectivity index is 1.33. The van der Waals surface area contributed by atoms with Crippen LogP contribution >= 0.6 is 0 Å². The van der Waals surface area contributed by atoms with E-state index in [9.17, 15) is 4.79 Å². The molecule has 1 aliphatic heterocycles. The lowest BCUT2D eigenvalue weighted by Crippen LogP contribution is -2.44. The number of hydrogen-bond acceptors (Lipinski definition) is 5. The number of amides is 1. The zero-order valence-corrected chi connectivity index (χ0v) is 17.4. The molecular formula is C23H27N5O2. The maximum Gasteiger partial charge on any atom is 0.256 e. The van der Waals surface area contributed by atoms with Gasteiger partial charge in [-0.3, -0.25) is 19.4 Å². The minimum atomic E-state index is -0.163. The van der Waals surface area contributed by atoms with Crippen LogP contribution in [-0.4, -0.2) is 50.9 Å². The van der Waals surface area contributed by atoms with Gasteiger partial charge in [0.25, 0.3) is 5.91 Å². The third-order valence-corrected chi connectivity index (χ3v) is 5.09. The summed E-state index contributed by atoms with van der Waals surface area (Å²) in [6, 6.07) is 13.5. The van der Waals surface area contributed by atoms with Gasteiger partial charge < -0.3 is 10.1 Å². The lowest BCUT2D eigenvalue weighted by atomic mass is 10.1. The van der Waals surface area contributed by atoms with Crippen molar-refractivity contribution in [1.82, 2.24) is 19.7 Å². The number of carbonyl (C=O) groups is 1. The molecule has 7 heteroatoms. The van der Waals surface area contributed by atoms with Gasteiger partial charge in [0, 0.05) is 49.9 Å². The van der Waals surface area contributed by atoms with Gasteiger partial charge in [0.15, 0.2) is 5.82 Å². The molecule has 0 aliphatic carbocycles. The third-order valence-electron chi connectivity index (χ3n) is 5.09. The molecule has 4 rings (SSSR count). The fourth-order valence-corrected chi connectivity index (χ4v) is 3.81. The summed E-state index contributed by atoms with van der Waals surface area (Å²) < 4.78 is 7.58. The normalized spacial score (nSPS) is 19.5. The topological polar surface area (TPSA) is 72.3 Å². The standard InChI is InChI=1S/C23H27N5O2/c1-17-13-27(14-18(2)30-17)15-19-3-5-21(6-4-19)23(29)25-22-9-12-28(26-22)16-20-7-10-24-11-8-20/h3-12,17-18H,13-16H2,1-2H3,(H,25,26,29). The van der Waals surface area contributed by atoms with Crippen LogP contribution in [-0.2, 0) is 17.8 Å². The Morgan fingerprint density at radius 1 is 1.00 bits per heavy atom. The molecule has 1 saturated heterocycles. The summed E-state index contributed by atoms with van der Waals surface area (Å²) in [6.45, 7) is 7.55. The maximum absolute atomic E-state index is 12.6. The first-order chi connectivity index (χ1) is 14.5. The number of carbonyl (C=O) groups excluding carboxylic acids is 1. The van der Waals surface area contributed by atoms with Gasteiger partial charge in [0.05, 0.1) is 18.8 Å². The summed E-state index contributed by atoms with van der Waals surface area (Å²) in [7, 11) is 0. The van der Waals surface area contributed by atoms with E-state index >= 15 is 0 Å². The molecule has 30 heavy (non-hydrogen) atoms. The number of nitrogens with one attached hydrogen (secondary N) is 1. The molecule has 0 spiro atoms. The van der Waals surface area contributed by atoms with E-state index in [1.165, 1.54) is 5.56 Å². The van der Waals surface area contributed by atoms with Gasteiger partial charge in [0.1, 0.15) is 0 Å². The molecule has 1 amide bonds. The highest BCUT2D eigenvalue weighted by Crippen LogP contribution is 2.15. The second-order valence-corrected chi connectivity index (χ2v) is 7.86. The van der Waals surface area contributed by atoms with Crippen molar-refractivity contribution in [3.05, 3.63) is 77.7 Å². The number of morpholine rings is 1. The number of hydrogen-bond donors (Lipinski definition) is 1. The maximum atomic E-state index is 12.6. The Hall–Kier alpha value is -3.03. The molecule has 0 radical (unpaired) electrons. The fourth-order valence-electron chi connectivity index (χ4n) is 3.81. The van der Waals surface area contributed by atoms with E-state index < -0.39 is 0 Å². The van der Waals surface area contributed by atoms with E-state index in [1.807, 2.05) is 42.6 Å². The average molecular weight is 406 g/mol. The van der Waals surface area contributed by atoms with E-state index in [2.05, 4.69) is 34.1 Å². The van der Waals surface area contributed by atoms with Crippen molar-refractivity contribution in [2.45, 2.75) is 39.1 Å². The first-order valence-electron chi connectivity index (χ1n) is 10.3. The van der Waals surface area contributed by atoms with Gasteiger partial charge in [-0.05, 0) is 49.2 Å². The average Bonchev–Trinajstić information content (AvgIpc) is 3.15. The van der Waals surface area contributed by atoms with Crippen LogP contribution < -0.4 is 5.32 Å². The zero-order chi connectivity index (χ0) is 20.9. The monoisotopic (exact) mass is 405 g/mol. The Labute approximate surface area is 176 Å². The summed E-state index contributed by atoms with van der Waals surface area (Å²) in [6.07, 6.45) is 5.86. The van der Waals surface area contributed by atoms with Crippen LogP contribution in [0.2, 0.25) is 0 Å². The molecule has 3 aromatic rings. The molecule has 1 N–H and O–H groups in total. The second kappa shape index (κ2) is 9.19. The molecule has 156 valence electrons. The molecule has 1 fully saturated rings. The largest absolute Gasteiger partial charge is 0.373 e. The van der Waals surface area contributed by atoms with Gasteiger partial charge in [-0.15, -0.1) is 0 Å². The number of nitrogens with zero attached hydrogens (tertiary/aromatic N) is 4. The van der Waals surface area contributed by atoms with Crippen molar-refractivity contribution < 1.29 is 9.53 Å². The van der Waals surface area contributed by atoms with Crippen molar-refractivity contribution in [3.63, 3.8) is 0 Å². The number of aromatic nitrogens is 3. The van der Waals surface area contributed by atoms with Crippen LogP contribution in [0, 0.1) is 0 Å². The van der Waals surface area contributed by atoms with E-state index in [-0.39, 0.29) is 18.1 Å². The molecule has 0 bridgehead atoms. The Morgan fingerprint density at radius 2 is 1.67 bits per heavy atom. The minimum absolute atomic E-state index is 0.163.